The first-order valence-electron chi connectivity index (χ1n) is 6.64. The Balaban J connectivity index is 1.93. The molecule has 0 saturated heterocycles. The topological polar surface area (TPSA) is 17.1 Å². The SMILES string of the molecule is C[C@@H](Sc1ccccc1)C(=O)[C@@H](C)Sc1ccccc1. The second kappa shape index (κ2) is 7.55. The van der Waals surface area contributed by atoms with Crippen molar-refractivity contribution in [2.24, 2.45) is 0 Å². The number of rotatable bonds is 6. The molecule has 20 heavy (non-hydrogen) atoms. The first-order chi connectivity index (χ1) is 9.66. The molecule has 0 bridgehead atoms. The van der Waals surface area contributed by atoms with Crippen molar-refractivity contribution < 1.29 is 4.79 Å². The van der Waals surface area contributed by atoms with Crippen LogP contribution in [0, 0.1) is 0 Å². The van der Waals surface area contributed by atoms with Gasteiger partial charge in [0.05, 0.1) is 10.5 Å². The van der Waals surface area contributed by atoms with E-state index >= 15 is 0 Å². The van der Waals surface area contributed by atoms with E-state index in [4.69, 9.17) is 0 Å². The number of carbonyl (C=O) groups is 1. The van der Waals surface area contributed by atoms with Gasteiger partial charge in [-0.3, -0.25) is 4.79 Å². The fourth-order valence-corrected chi connectivity index (χ4v) is 4.02. The highest BCUT2D eigenvalue weighted by atomic mass is 32.2. The fraction of sp³-hybridized carbons (Fsp3) is 0.235. The second-order valence-electron chi connectivity index (χ2n) is 4.55. The molecule has 104 valence electrons. The molecule has 0 fully saturated rings. The lowest BCUT2D eigenvalue weighted by Crippen LogP contribution is -2.23. The molecule has 2 aromatic carbocycles. The van der Waals surface area contributed by atoms with E-state index in [1.165, 1.54) is 0 Å². The average molecular weight is 302 g/mol. The van der Waals surface area contributed by atoms with E-state index < -0.39 is 0 Å². The highest BCUT2D eigenvalue weighted by molar-refractivity contribution is 8.02. The van der Waals surface area contributed by atoms with E-state index in [0.717, 1.165) is 9.79 Å². The molecule has 0 spiro atoms. The Hall–Kier alpha value is -1.19. The summed E-state index contributed by atoms with van der Waals surface area (Å²) in [5.41, 5.74) is 0. The molecule has 0 aliphatic heterocycles. The normalized spacial score (nSPS) is 13.7. The molecule has 0 aliphatic carbocycles. The molecule has 0 unspecified atom stereocenters. The Kier molecular flexibility index (Phi) is 5.74. The van der Waals surface area contributed by atoms with E-state index in [0.29, 0.717) is 0 Å². The van der Waals surface area contributed by atoms with Crippen LogP contribution in [0.25, 0.3) is 0 Å². The molecule has 2 atom stereocenters. The Morgan fingerprint density at radius 2 is 1.10 bits per heavy atom. The summed E-state index contributed by atoms with van der Waals surface area (Å²) in [4.78, 5) is 14.7. The largest absolute Gasteiger partial charge is 0.297 e. The molecule has 3 heteroatoms. The third-order valence-corrected chi connectivity index (χ3v) is 5.17. The van der Waals surface area contributed by atoms with Crippen LogP contribution in [0.2, 0.25) is 0 Å². The molecule has 0 aromatic heterocycles. The van der Waals surface area contributed by atoms with Gasteiger partial charge in [-0.2, -0.15) is 0 Å². The van der Waals surface area contributed by atoms with E-state index in [1.807, 2.05) is 74.5 Å². The van der Waals surface area contributed by atoms with Crippen LogP contribution in [0.15, 0.2) is 70.5 Å². The highest BCUT2D eigenvalue weighted by Gasteiger charge is 2.21. The number of thioether (sulfide) groups is 2. The van der Waals surface area contributed by atoms with Crippen LogP contribution in [-0.4, -0.2) is 16.3 Å². The highest BCUT2D eigenvalue weighted by Crippen LogP contribution is 2.29. The zero-order valence-electron chi connectivity index (χ0n) is 11.7. The molecule has 0 N–H and O–H groups in total. The predicted molar refractivity (Wildman–Crippen MR) is 88.5 cm³/mol. The molecule has 0 amide bonds. The molecular formula is C17H18OS2. The molecule has 2 aromatic rings. The van der Waals surface area contributed by atoms with Crippen molar-refractivity contribution in [3.63, 3.8) is 0 Å². The lowest BCUT2D eigenvalue weighted by Gasteiger charge is -2.15. The summed E-state index contributed by atoms with van der Waals surface area (Å²) in [5.74, 6) is 0.285. The first-order valence-corrected chi connectivity index (χ1v) is 8.40. The van der Waals surface area contributed by atoms with Crippen LogP contribution in [0.4, 0.5) is 0 Å². The molecular weight excluding hydrogens is 284 g/mol. The number of Topliss-reactive ketones (excluding diaryl/α,β-unsaturated/α-hetero) is 1. The summed E-state index contributed by atoms with van der Waals surface area (Å²) in [7, 11) is 0. The van der Waals surface area contributed by atoms with Gasteiger partial charge in [-0.05, 0) is 38.1 Å². The number of hydrogen-bond donors (Lipinski definition) is 0. The Labute approximate surface area is 129 Å². The van der Waals surface area contributed by atoms with Crippen LogP contribution in [0.1, 0.15) is 13.8 Å². The Morgan fingerprint density at radius 3 is 1.45 bits per heavy atom. The number of ketones is 1. The van der Waals surface area contributed by atoms with E-state index in [9.17, 15) is 4.79 Å². The third kappa shape index (κ3) is 4.43. The molecule has 1 nitrogen and oxygen atoms in total. The number of carbonyl (C=O) groups excluding carboxylic acids is 1. The Morgan fingerprint density at radius 1 is 0.750 bits per heavy atom. The number of benzene rings is 2. The maximum absolute atomic E-state index is 12.4. The van der Waals surface area contributed by atoms with Crippen molar-refractivity contribution in [1.29, 1.82) is 0 Å². The standard InChI is InChI=1S/C17H18OS2/c1-13(19-15-9-5-3-6-10-15)17(18)14(2)20-16-11-7-4-8-12-16/h3-14H,1-2H3/t13-,14-/m1/s1. The summed E-state index contributed by atoms with van der Waals surface area (Å²) in [6.07, 6.45) is 0. The summed E-state index contributed by atoms with van der Waals surface area (Å²) in [5, 5.41) is -0.0489. The van der Waals surface area contributed by atoms with E-state index in [1.54, 1.807) is 23.5 Å². The minimum absolute atomic E-state index is 0.0244. The van der Waals surface area contributed by atoms with Crippen molar-refractivity contribution in [2.45, 2.75) is 34.1 Å². The third-order valence-electron chi connectivity index (χ3n) is 2.91. The molecule has 0 radical (unpaired) electrons. The van der Waals surface area contributed by atoms with Gasteiger partial charge < -0.3 is 0 Å². The van der Waals surface area contributed by atoms with Crippen LogP contribution in [0.5, 0.6) is 0 Å². The zero-order chi connectivity index (χ0) is 14.4. The van der Waals surface area contributed by atoms with Gasteiger partial charge in [0.25, 0.3) is 0 Å². The van der Waals surface area contributed by atoms with Crippen molar-refractivity contribution in [1.82, 2.24) is 0 Å². The molecule has 2 rings (SSSR count). The second-order valence-corrected chi connectivity index (χ2v) is 7.38. The smallest absolute Gasteiger partial charge is 0.158 e. The minimum atomic E-state index is -0.0244. The maximum atomic E-state index is 12.4. The summed E-state index contributed by atoms with van der Waals surface area (Å²) in [6.45, 7) is 3.98. The first kappa shape index (κ1) is 15.2. The lowest BCUT2D eigenvalue weighted by atomic mass is 10.2. The average Bonchev–Trinajstić information content (AvgIpc) is 2.48. The predicted octanol–water partition coefficient (Wildman–Crippen LogP) is 4.92. The van der Waals surface area contributed by atoms with Crippen molar-refractivity contribution in [3.8, 4) is 0 Å². The molecule has 0 saturated carbocycles. The van der Waals surface area contributed by atoms with Crippen molar-refractivity contribution >= 4 is 29.3 Å². The quantitative estimate of drug-likeness (QED) is 0.705. The van der Waals surface area contributed by atoms with Gasteiger partial charge in [0.15, 0.2) is 5.78 Å². The monoisotopic (exact) mass is 302 g/mol. The van der Waals surface area contributed by atoms with Crippen molar-refractivity contribution in [3.05, 3.63) is 60.7 Å². The minimum Gasteiger partial charge on any atom is -0.297 e. The van der Waals surface area contributed by atoms with Gasteiger partial charge in [-0.15, -0.1) is 23.5 Å². The zero-order valence-corrected chi connectivity index (χ0v) is 13.3. The van der Waals surface area contributed by atoms with E-state index in [2.05, 4.69) is 0 Å². The lowest BCUT2D eigenvalue weighted by molar-refractivity contribution is -0.117. The number of hydrogen-bond acceptors (Lipinski definition) is 3. The van der Waals surface area contributed by atoms with E-state index in [-0.39, 0.29) is 16.3 Å². The van der Waals surface area contributed by atoms with Crippen LogP contribution >= 0.6 is 23.5 Å². The van der Waals surface area contributed by atoms with Gasteiger partial charge in [-0.1, -0.05) is 36.4 Å². The summed E-state index contributed by atoms with van der Waals surface area (Å²) < 4.78 is 0. The van der Waals surface area contributed by atoms with Crippen LogP contribution in [0.3, 0.4) is 0 Å². The molecule has 0 aliphatic rings. The van der Waals surface area contributed by atoms with Gasteiger partial charge in [0, 0.05) is 9.79 Å². The van der Waals surface area contributed by atoms with Crippen LogP contribution in [-0.2, 0) is 4.79 Å². The van der Waals surface area contributed by atoms with Gasteiger partial charge in [0.2, 0.25) is 0 Å². The van der Waals surface area contributed by atoms with Gasteiger partial charge >= 0.3 is 0 Å². The summed E-state index contributed by atoms with van der Waals surface area (Å²) in [6, 6.07) is 20.2. The fourth-order valence-electron chi connectivity index (χ4n) is 1.85. The molecule has 0 heterocycles. The van der Waals surface area contributed by atoms with Crippen LogP contribution < -0.4 is 0 Å². The summed E-state index contributed by atoms with van der Waals surface area (Å²) >= 11 is 3.26. The Bertz CT molecular complexity index is 490. The van der Waals surface area contributed by atoms with Gasteiger partial charge in [-0.25, -0.2) is 0 Å². The maximum Gasteiger partial charge on any atom is 0.158 e. The van der Waals surface area contributed by atoms with Gasteiger partial charge in [0.1, 0.15) is 0 Å². The van der Waals surface area contributed by atoms with Crippen molar-refractivity contribution in [2.75, 3.05) is 0 Å².